The van der Waals surface area contributed by atoms with E-state index in [0.717, 1.165) is 21.2 Å². The summed E-state index contributed by atoms with van der Waals surface area (Å²) in [5.41, 5.74) is 0.548. The molecular formula is C18H16N4OS2. The average molecular weight is 368 g/mol. The lowest BCUT2D eigenvalue weighted by Gasteiger charge is -2.32. The predicted molar refractivity (Wildman–Crippen MR) is 103 cm³/mol. The molecule has 0 saturated heterocycles. The number of carbonyl (C=O) groups excluding carboxylic acids is 1. The monoisotopic (exact) mass is 368 g/mol. The van der Waals surface area contributed by atoms with Crippen LogP contribution in [0.15, 0.2) is 57.9 Å². The smallest absolute Gasteiger partial charge is 0.276 e. The highest BCUT2D eigenvalue weighted by Gasteiger charge is 2.32. The summed E-state index contributed by atoms with van der Waals surface area (Å²) in [5.74, 6) is 0.703. The van der Waals surface area contributed by atoms with Gasteiger partial charge in [0.1, 0.15) is 5.70 Å². The van der Waals surface area contributed by atoms with Gasteiger partial charge in [0.25, 0.3) is 5.91 Å². The van der Waals surface area contributed by atoms with Gasteiger partial charge in [-0.1, -0.05) is 43.0 Å². The highest BCUT2D eigenvalue weighted by atomic mass is 32.2. The van der Waals surface area contributed by atoms with Crippen LogP contribution < -0.4 is 15.9 Å². The summed E-state index contributed by atoms with van der Waals surface area (Å²) in [6, 6.07) is 11.7. The largest absolute Gasteiger partial charge is 0.298 e. The number of hydrogen-bond donors (Lipinski definition) is 1. The molecule has 2 aromatic rings. The van der Waals surface area contributed by atoms with E-state index in [1.54, 1.807) is 16.3 Å². The first-order valence-electron chi connectivity index (χ1n) is 7.97. The number of benzene rings is 1. The van der Waals surface area contributed by atoms with Crippen molar-refractivity contribution in [1.29, 1.82) is 0 Å². The quantitative estimate of drug-likeness (QED) is 0.901. The molecule has 1 aromatic carbocycles. The zero-order valence-electron chi connectivity index (χ0n) is 13.5. The van der Waals surface area contributed by atoms with Crippen LogP contribution in [0.2, 0.25) is 0 Å². The van der Waals surface area contributed by atoms with E-state index >= 15 is 0 Å². The number of fused-ring (bicyclic) bond motifs is 2. The summed E-state index contributed by atoms with van der Waals surface area (Å²) in [4.78, 5) is 18.6. The third-order valence-electron chi connectivity index (χ3n) is 3.80. The number of hydrogen-bond acceptors (Lipinski definition) is 6. The Balaban J connectivity index is 1.84. The molecule has 0 saturated carbocycles. The molecule has 2 aliphatic rings. The summed E-state index contributed by atoms with van der Waals surface area (Å²) < 4.78 is 0. The maximum atomic E-state index is 12.7. The van der Waals surface area contributed by atoms with Crippen LogP contribution in [0.3, 0.4) is 0 Å². The van der Waals surface area contributed by atoms with E-state index in [4.69, 9.17) is 4.99 Å². The zero-order valence-corrected chi connectivity index (χ0v) is 15.2. The Labute approximate surface area is 153 Å². The maximum Gasteiger partial charge on any atom is 0.276 e. The average Bonchev–Trinajstić information content (AvgIpc) is 3.13. The Kier molecular flexibility index (Phi) is 4.42. The summed E-state index contributed by atoms with van der Waals surface area (Å²) in [7, 11) is 0. The lowest BCUT2D eigenvalue weighted by atomic mass is 10.1. The van der Waals surface area contributed by atoms with Crippen molar-refractivity contribution in [3.05, 3.63) is 63.3 Å². The van der Waals surface area contributed by atoms with Crippen molar-refractivity contribution in [1.82, 2.24) is 10.3 Å². The topological polar surface area (TPSA) is 57.1 Å². The number of carbonyl (C=O) groups is 1. The van der Waals surface area contributed by atoms with Crippen LogP contribution in [0.5, 0.6) is 0 Å². The molecular weight excluding hydrogens is 352 g/mol. The predicted octanol–water partition coefficient (Wildman–Crippen LogP) is 1.98. The fourth-order valence-electron chi connectivity index (χ4n) is 2.75. The number of nitrogens with zero attached hydrogens (tertiary/aromatic N) is 3. The number of hydrazone groups is 1. The van der Waals surface area contributed by atoms with Crippen molar-refractivity contribution >= 4 is 45.9 Å². The first-order valence-corrected chi connectivity index (χ1v) is 9.83. The molecule has 1 atom stereocenters. The molecule has 0 bridgehead atoms. The van der Waals surface area contributed by atoms with Crippen LogP contribution in [0.25, 0.3) is 11.8 Å². The summed E-state index contributed by atoms with van der Waals surface area (Å²) >= 11 is 3.17. The maximum absolute atomic E-state index is 12.7. The molecule has 1 N–H and O–H groups in total. The van der Waals surface area contributed by atoms with E-state index in [1.165, 1.54) is 11.8 Å². The zero-order chi connectivity index (χ0) is 17.2. The van der Waals surface area contributed by atoms with E-state index in [2.05, 4.69) is 10.4 Å². The number of thiophene rings is 1. The fourth-order valence-corrected chi connectivity index (χ4v) is 3.96. The SMILES string of the molecule is CCSC1=NN2C(=c3ccccc3=NC2/C=C/c2cccs2)C(=O)N1. The molecule has 4 rings (SSSR count). The van der Waals surface area contributed by atoms with Crippen LogP contribution in [0, 0.1) is 0 Å². The molecule has 2 aliphatic heterocycles. The van der Waals surface area contributed by atoms with E-state index in [0.29, 0.717) is 10.9 Å². The van der Waals surface area contributed by atoms with E-state index in [1.807, 2.05) is 60.9 Å². The van der Waals surface area contributed by atoms with Crippen LogP contribution in [0.1, 0.15) is 11.8 Å². The Morgan fingerprint density at radius 1 is 1.32 bits per heavy atom. The number of rotatable bonds is 3. The Hall–Kier alpha value is -2.38. The minimum atomic E-state index is -0.342. The van der Waals surface area contributed by atoms with Crippen LogP contribution >= 0.6 is 23.1 Å². The second kappa shape index (κ2) is 6.85. The van der Waals surface area contributed by atoms with Crippen molar-refractivity contribution in [3.8, 4) is 0 Å². The Bertz CT molecular complexity index is 979. The number of amidine groups is 1. The molecule has 0 aliphatic carbocycles. The van der Waals surface area contributed by atoms with Gasteiger partial charge in [-0.25, -0.2) is 5.01 Å². The minimum Gasteiger partial charge on any atom is -0.298 e. The molecule has 1 amide bonds. The van der Waals surface area contributed by atoms with E-state index in [9.17, 15) is 4.79 Å². The van der Waals surface area contributed by atoms with Crippen molar-refractivity contribution < 1.29 is 4.79 Å². The van der Waals surface area contributed by atoms with Crippen molar-refractivity contribution in [2.75, 3.05) is 5.75 Å². The Morgan fingerprint density at radius 3 is 3.00 bits per heavy atom. The molecule has 3 heterocycles. The number of nitrogens with one attached hydrogen (secondary N) is 1. The second-order valence-corrected chi connectivity index (χ2v) is 7.65. The molecule has 7 heteroatoms. The van der Waals surface area contributed by atoms with Crippen LogP contribution in [-0.4, -0.2) is 28.0 Å². The van der Waals surface area contributed by atoms with Crippen molar-refractivity contribution in [3.63, 3.8) is 0 Å². The van der Waals surface area contributed by atoms with Gasteiger partial charge in [-0.15, -0.1) is 16.4 Å². The van der Waals surface area contributed by atoms with Gasteiger partial charge < -0.3 is 0 Å². The highest BCUT2D eigenvalue weighted by Crippen LogP contribution is 2.22. The first kappa shape index (κ1) is 16.1. The van der Waals surface area contributed by atoms with Gasteiger partial charge in [-0.05, 0) is 35.4 Å². The fraction of sp³-hybridized carbons (Fsp3) is 0.167. The van der Waals surface area contributed by atoms with Gasteiger partial charge in [0.15, 0.2) is 11.3 Å². The molecule has 1 aromatic heterocycles. The van der Waals surface area contributed by atoms with E-state index in [-0.39, 0.29) is 12.1 Å². The van der Waals surface area contributed by atoms with Gasteiger partial charge in [-0.3, -0.25) is 15.1 Å². The van der Waals surface area contributed by atoms with Gasteiger partial charge in [0, 0.05) is 10.1 Å². The second-order valence-electron chi connectivity index (χ2n) is 5.42. The lowest BCUT2D eigenvalue weighted by molar-refractivity contribution is -0.116. The third-order valence-corrected chi connectivity index (χ3v) is 5.38. The first-order chi connectivity index (χ1) is 12.3. The minimum absolute atomic E-state index is 0.136. The molecule has 0 fully saturated rings. The van der Waals surface area contributed by atoms with Gasteiger partial charge in [0.05, 0.1) is 5.36 Å². The molecule has 0 radical (unpaired) electrons. The molecule has 25 heavy (non-hydrogen) atoms. The van der Waals surface area contributed by atoms with Gasteiger partial charge in [-0.2, -0.15) is 0 Å². The number of thioether (sulfide) groups is 1. The normalized spacial score (nSPS) is 19.2. The Morgan fingerprint density at radius 2 is 2.20 bits per heavy atom. The highest BCUT2D eigenvalue weighted by molar-refractivity contribution is 8.13. The summed E-state index contributed by atoms with van der Waals surface area (Å²) in [5, 5.41) is 13.5. The van der Waals surface area contributed by atoms with Gasteiger partial charge >= 0.3 is 0 Å². The van der Waals surface area contributed by atoms with Crippen molar-refractivity contribution in [2.45, 2.75) is 13.1 Å². The van der Waals surface area contributed by atoms with Crippen molar-refractivity contribution in [2.24, 2.45) is 10.1 Å². The number of amides is 1. The van der Waals surface area contributed by atoms with Crippen LogP contribution in [-0.2, 0) is 4.79 Å². The lowest BCUT2D eigenvalue weighted by Crippen LogP contribution is -2.52. The summed E-state index contributed by atoms with van der Waals surface area (Å²) in [6.45, 7) is 2.03. The molecule has 126 valence electrons. The standard InChI is InChI=1S/C18H16N4OS2/c1-2-24-18-20-17(23)16-13-7-3-4-8-14(13)19-15(22(16)21-18)10-9-12-6-5-11-25-12/h3-11,15H,2H2,1H3,(H,20,21,23)/b10-9+. The van der Waals surface area contributed by atoms with E-state index < -0.39 is 0 Å². The summed E-state index contributed by atoms with van der Waals surface area (Å²) in [6.07, 6.45) is 3.67. The third kappa shape index (κ3) is 3.12. The molecule has 1 unspecified atom stereocenters. The molecule has 5 nitrogen and oxygen atoms in total. The molecule has 0 spiro atoms. The van der Waals surface area contributed by atoms with Gasteiger partial charge in [0.2, 0.25) is 0 Å². The van der Waals surface area contributed by atoms with Crippen LogP contribution in [0.4, 0.5) is 0 Å². The number of para-hydroxylation sites is 1.